The third-order valence-electron chi connectivity index (χ3n) is 2.76. The molecule has 116 valence electrons. The number of aryl methyl sites for hydroxylation is 1. The number of rotatable bonds is 9. The molecule has 0 aromatic carbocycles. The van der Waals surface area contributed by atoms with Gasteiger partial charge in [0.25, 0.3) is 0 Å². The molecule has 0 unspecified atom stereocenters. The number of aromatic nitrogens is 5. The normalized spacial score (nSPS) is 11.4. The highest BCUT2D eigenvalue weighted by atomic mass is 32.2. The van der Waals surface area contributed by atoms with Gasteiger partial charge in [0.15, 0.2) is 6.29 Å². The first-order chi connectivity index (χ1) is 10.3. The van der Waals surface area contributed by atoms with Crippen LogP contribution >= 0.6 is 23.1 Å². The van der Waals surface area contributed by atoms with Crippen molar-refractivity contribution in [1.82, 2.24) is 25.2 Å². The van der Waals surface area contributed by atoms with Gasteiger partial charge in [-0.3, -0.25) is 0 Å². The molecule has 2 aromatic rings. The Bertz CT molecular complexity index is 541. The predicted molar refractivity (Wildman–Crippen MR) is 81.3 cm³/mol. The molecule has 0 saturated carbocycles. The molecule has 0 N–H and O–H groups in total. The highest BCUT2D eigenvalue weighted by Crippen LogP contribution is 2.22. The molecule has 2 rings (SSSR count). The molecule has 2 heterocycles. The Morgan fingerprint density at radius 3 is 2.90 bits per heavy atom. The van der Waals surface area contributed by atoms with Crippen LogP contribution in [0.3, 0.4) is 0 Å². The van der Waals surface area contributed by atoms with E-state index in [1.807, 2.05) is 0 Å². The standard InChI is InChI=1S/C12H19N5O2S2/c1-4-5-10-13-9(7-20-10)8-21-12-14-15-16-17(12)6-11(18-2)19-3/h7,11H,4-6,8H2,1-3H3. The molecule has 2 aromatic heterocycles. The second kappa shape index (κ2) is 8.42. The zero-order chi connectivity index (χ0) is 15.1. The van der Waals surface area contributed by atoms with Crippen LogP contribution in [0.4, 0.5) is 0 Å². The van der Waals surface area contributed by atoms with Gasteiger partial charge in [-0.2, -0.15) is 0 Å². The van der Waals surface area contributed by atoms with Crippen molar-refractivity contribution in [2.45, 2.75) is 43.5 Å². The second-order valence-electron chi connectivity index (χ2n) is 4.32. The zero-order valence-electron chi connectivity index (χ0n) is 12.4. The minimum absolute atomic E-state index is 0.358. The van der Waals surface area contributed by atoms with Gasteiger partial charge in [-0.25, -0.2) is 9.67 Å². The van der Waals surface area contributed by atoms with Crippen LogP contribution < -0.4 is 0 Å². The summed E-state index contributed by atoms with van der Waals surface area (Å²) in [7, 11) is 3.19. The zero-order valence-corrected chi connectivity index (χ0v) is 14.0. The quantitative estimate of drug-likeness (QED) is 0.514. The van der Waals surface area contributed by atoms with Crippen molar-refractivity contribution >= 4 is 23.1 Å². The first-order valence-electron chi connectivity index (χ1n) is 6.64. The highest BCUT2D eigenvalue weighted by Gasteiger charge is 2.13. The van der Waals surface area contributed by atoms with E-state index in [0.717, 1.165) is 29.4 Å². The molecule has 7 nitrogen and oxygen atoms in total. The summed E-state index contributed by atoms with van der Waals surface area (Å²) in [5.41, 5.74) is 1.07. The van der Waals surface area contributed by atoms with Crippen LogP contribution in [0.25, 0.3) is 0 Å². The van der Waals surface area contributed by atoms with E-state index in [4.69, 9.17) is 9.47 Å². The molecule has 0 aliphatic rings. The van der Waals surface area contributed by atoms with E-state index in [1.165, 1.54) is 5.01 Å². The molecular formula is C12H19N5O2S2. The van der Waals surface area contributed by atoms with Crippen molar-refractivity contribution in [2.75, 3.05) is 14.2 Å². The van der Waals surface area contributed by atoms with E-state index in [-0.39, 0.29) is 6.29 Å². The molecule has 0 radical (unpaired) electrons. The number of methoxy groups -OCH3 is 2. The van der Waals surface area contributed by atoms with Crippen LogP contribution in [-0.4, -0.2) is 45.7 Å². The fourth-order valence-electron chi connectivity index (χ4n) is 1.68. The smallest absolute Gasteiger partial charge is 0.209 e. The summed E-state index contributed by atoms with van der Waals surface area (Å²) in [6, 6.07) is 0. The maximum absolute atomic E-state index is 5.16. The number of nitrogens with zero attached hydrogens (tertiary/aromatic N) is 5. The molecule has 0 saturated heterocycles. The fraction of sp³-hybridized carbons (Fsp3) is 0.667. The maximum atomic E-state index is 5.16. The Morgan fingerprint density at radius 2 is 2.19 bits per heavy atom. The maximum Gasteiger partial charge on any atom is 0.209 e. The van der Waals surface area contributed by atoms with Gasteiger partial charge in [-0.05, 0) is 23.3 Å². The van der Waals surface area contributed by atoms with E-state index in [0.29, 0.717) is 6.54 Å². The van der Waals surface area contributed by atoms with E-state index in [1.54, 1.807) is 42.0 Å². The summed E-state index contributed by atoms with van der Waals surface area (Å²) in [5, 5.41) is 15.7. The van der Waals surface area contributed by atoms with E-state index in [9.17, 15) is 0 Å². The van der Waals surface area contributed by atoms with Crippen molar-refractivity contribution in [3.05, 3.63) is 16.1 Å². The Balaban J connectivity index is 1.92. The molecule has 0 fully saturated rings. The molecule has 0 atom stereocenters. The Kier molecular flexibility index (Phi) is 6.55. The van der Waals surface area contributed by atoms with Gasteiger partial charge in [-0.1, -0.05) is 18.7 Å². The van der Waals surface area contributed by atoms with E-state index >= 15 is 0 Å². The molecule has 9 heteroatoms. The molecule has 0 aliphatic carbocycles. The van der Waals surface area contributed by atoms with Gasteiger partial charge in [0.2, 0.25) is 5.16 Å². The van der Waals surface area contributed by atoms with Crippen LogP contribution in [0, 0.1) is 0 Å². The number of hydrogen-bond acceptors (Lipinski definition) is 8. The van der Waals surface area contributed by atoms with Gasteiger partial charge < -0.3 is 9.47 Å². The summed E-state index contributed by atoms with van der Waals surface area (Å²) in [4.78, 5) is 4.59. The first kappa shape index (κ1) is 16.3. The average molecular weight is 329 g/mol. The van der Waals surface area contributed by atoms with Gasteiger partial charge >= 0.3 is 0 Å². The molecular weight excluding hydrogens is 310 g/mol. The number of hydrogen-bond donors (Lipinski definition) is 0. The lowest BCUT2D eigenvalue weighted by Crippen LogP contribution is -2.21. The van der Waals surface area contributed by atoms with Crippen LogP contribution in [0.5, 0.6) is 0 Å². The van der Waals surface area contributed by atoms with Gasteiger partial charge in [0.1, 0.15) is 0 Å². The van der Waals surface area contributed by atoms with Crippen LogP contribution in [0.1, 0.15) is 24.0 Å². The third kappa shape index (κ3) is 4.73. The minimum atomic E-state index is -0.358. The third-order valence-corrected chi connectivity index (χ3v) is 4.71. The molecule has 0 bridgehead atoms. The van der Waals surface area contributed by atoms with Crippen molar-refractivity contribution in [2.24, 2.45) is 0 Å². The largest absolute Gasteiger partial charge is 0.354 e. The summed E-state index contributed by atoms with van der Waals surface area (Å²) in [6.07, 6.45) is 1.80. The van der Waals surface area contributed by atoms with Gasteiger partial charge in [-0.15, -0.1) is 16.4 Å². The van der Waals surface area contributed by atoms with E-state index in [2.05, 4.69) is 32.8 Å². The number of thioether (sulfide) groups is 1. The van der Waals surface area contributed by atoms with Gasteiger partial charge in [0.05, 0.1) is 17.2 Å². The molecule has 21 heavy (non-hydrogen) atoms. The predicted octanol–water partition coefficient (Wildman–Crippen LogP) is 1.99. The van der Waals surface area contributed by atoms with Crippen LogP contribution in [-0.2, 0) is 28.2 Å². The SMILES string of the molecule is CCCc1nc(CSc2nnnn2CC(OC)OC)cs1. The topological polar surface area (TPSA) is 75.0 Å². The highest BCUT2D eigenvalue weighted by molar-refractivity contribution is 7.98. The van der Waals surface area contributed by atoms with Crippen molar-refractivity contribution in [1.29, 1.82) is 0 Å². The van der Waals surface area contributed by atoms with Gasteiger partial charge in [0, 0.05) is 25.4 Å². The summed E-state index contributed by atoms with van der Waals surface area (Å²) in [6.45, 7) is 2.62. The second-order valence-corrected chi connectivity index (χ2v) is 6.20. The number of tetrazole rings is 1. The van der Waals surface area contributed by atoms with Crippen molar-refractivity contribution in [3.8, 4) is 0 Å². The lowest BCUT2D eigenvalue weighted by Gasteiger charge is -2.13. The first-order valence-corrected chi connectivity index (χ1v) is 8.51. The van der Waals surface area contributed by atoms with Crippen LogP contribution in [0.2, 0.25) is 0 Å². The van der Waals surface area contributed by atoms with Crippen molar-refractivity contribution in [3.63, 3.8) is 0 Å². The number of thiazole rings is 1. The number of ether oxygens (including phenoxy) is 2. The molecule has 0 spiro atoms. The minimum Gasteiger partial charge on any atom is -0.354 e. The summed E-state index contributed by atoms with van der Waals surface area (Å²) >= 11 is 3.27. The lowest BCUT2D eigenvalue weighted by atomic mass is 10.3. The average Bonchev–Trinajstić information content (AvgIpc) is 3.12. The Labute approximate surface area is 132 Å². The van der Waals surface area contributed by atoms with Crippen LogP contribution in [0.15, 0.2) is 10.5 Å². The Morgan fingerprint density at radius 1 is 1.38 bits per heavy atom. The van der Waals surface area contributed by atoms with E-state index < -0.39 is 0 Å². The monoisotopic (exact) mass is 329 g/mol. The fourth-order valence-corrected chi connectivity index (χ4v) is 3.47. The summed E-state index contributed by atoms with van der Waals surface area (Å²) in [5.74, 6) is 0.755. The summed E-state index contributed by atoms with van der Waals surface area (Å²) < 4.78 is 12.0. The Hall–Kier alpha value is -1.03. The molecule has 0 aliphatic heterocycles. The lowest BCUT2D eigenvalue weighted by molar-refractivity contribution is -0.113. The molecule has 0 amide bonds. The van der Waals surface area contributed by atoms with Crippen molar-refractivity contribution < 1.29 is 9.47 Å².